The fourth-order valence-corrected chi connectivity index (χ4v) is 3.88. The van der Waals surface area contributed by atoms with Crippen molar-refractivity contribution in [2.24, 2.45) is 0 Å². The number of hydrogen-bond acceptors (Lipinski definition) is 4. The first-order chi connectivity index (χ1) is 15.1. The highest BCUT2D eigenvalue weighted by atomic mass is 16.5. The molecule has 0 aromatic heterocycles. The number of carbonyl (C=O) groups is 2. The molecule has 1 heterocycles. The number of benzene rings is 2. The lowest BCUT2D eigenvalue weighted by molar-refractivity contribution is -0.126. The van der Waals surface area contributed by atoms with Crippen LogP contribution >= 0.6 is 0 Å². The van der Waals surface area contributed by atoms with Crippen LogP contribution in [-0.2, 0) is 16.0 Å². The Morgan fingerprint density at radius 2 is 1.87 bits per heavy atom. The molecule has 1 unspecified atom stereocenters. The van der Waals surface area contributed by atoms with Gasteiger partial charge in [-0.25, -0.2) is 0 Å². The zero-order valence-electron chi connectivity index (χ0n) is 18.5. The van der Waals surface area contributed by atoms with E-state index in [1.165, 1.54) is 12.8 Å². The summed E-state index contributed by atoms with van der Waals surface area (Å²) in [5.41, 5.74) is 2.74. The second kappa shape index (κ2) is 11.4. The molecule has 1 atom stereocenters. The summed E-state index contributed by atoms with van der Waals surface area (Å²) in [5.74, 6) is 0.366. The normalized spacial score (nSPS) is 14.2. The van der Waals surface area contributed by atoms with Gasteiger partial charge in [0, 0.05) is 24.5 Å². The van der Waals surface area contributed by atoms with Gasteiger partial charge in [-0.2, -0.15) is 0 Å². The van der Waals surface area contributed by atoms with Crippen molar-refractivity contribution in [2.45, 2.75) is 51.5 Å². The van der Waals surface area contributed by atoms with E-state index in [-0.39, 0.29) is 18.2 Å². The zero-order valence-corrected chi connectivity index (χ0v) is 18.5. The lowest BCUT2D eigenvalue weighted by Crippen LogP contribution is -2.44. The van der Waals surface area contributed by atoms with Crippen molar-refractivity contribution in [3.63, 3.8) is 0 Å². The van der Waals surface area contributed by atoms with E-state index in [9.17, 15) is 9.59 Å². The maximum absolute atomic E-state index is 13.0. The van der Waals surface area contributed by atoms with E-state index in [2.05, 4.69) is 28.5 Å². The SMILES string of the molecule is CCCCC(NC(=O)Cc1cccc(OC)c1)C(=O)Nc1cccc(N2CCCC2)c1. The summed E-state index contributed by atoms with van der Waals surface area (Å²) in [6, 6.07) is 14.8. The fourth-order valence-electron chi connectivity index (χ4n) is 3.88. The quantitative estimate of drug-likeness (QED) is 0.602. The number of nitrogens with zero attached hydrogens (tertiary/aromatic N) is 1. The molecule has 2 aromatic carbocycles. The molecule has 6 nitrogen and oxygen atoms in total. The maximum atomic E-state index is 13.0. The van der Waals surface area contributed by atoms with Crippen LogP contribution in [0.5, 0.6) is 5.75 Å². The summed E-state index contributed by atoms with van der Waals surface area (Å²) in [7, 11) is 1.60. The molecule has 0 bridgehead atoms. The van der Waals surface area contributed by atoms with Gasteiger partial charge in [-0.1, -0.05) is 38.0 Å². The Labute approximate surface area is 185 Å². The number of hydrogen-bond donors (Lipinski definition) is 2. The maximum Gasteiger partial charge on any atom is 0.246 e. The molecule has 1 saturated heterocycles. The van der Waals surface area contributed by atoms with E-state index in [0.717, 1.165) is 42.9 Å². The van der Waals surface area contributed by atoms with Gasteiger partial charge in [-0.05, 0) is 55.2 Å². The van der Waals surface area contributed by atoms with Crippen molar-refractivity contribution in [1.29, 1.82) is 0 Å². The van der Waals surface area contributed by atoms with Crippen molar-refractivity contribution in [2.75, 3.05) is 30.4 Å². The smallest absolute Gasteiger partial charge is 0.246 e. The lowest BCUT2D eigenvalue weighted by atomic mass is 10.1. The van der Waals surface area contributed by atoms with Crippen molar-refractivity contribution in [1.82, 2.24) is 5.32 Å². The Morgan fingerprint density at radius 1 is 1.10 bits per heavy atom. The average Bonchev–Trinajstić information content (AvgIpc) is 3.32. The minimum absolute atomic E-state index is 0.171. The van der Waals surface area contributed by atoms with Crippen molar-refractivity contribution in [3.05, 3.63) is 54.1 Å². The van der Waals surface area contributed by atoms with Crippen LogP contribution in [0.1, 0.15) is 44.6 Å². The molecule has 0 aliphatic carbocycles. The first kappa shape index (κ1) is 22.7. The van der Waals surface area contributed by atoms with Gasteiger partial charge in [-0.15, -0.1) is 0 Å². The van der Waals surface area contributed by atoms with Gasteiger partial charge < -0.3 is 20.3 Å². The molecule has 6 heteroatoms. The lowest BCUT2D eigenvalue weighted by Gasteiger charge is -2.21. The minimum atomic E-state index is -0.562. The molecule has 2 amide bonds. The molecule has 1 aliphatic heterocycles. The summed E-state index contributed by atoms with van der Waals surface area (Å²) in [6.45, 7) is 4.18. The molecule has 3 rings (SSSR count). The van der Waals surface area contributed by atoms with E-state index < -0.39 is 6.04 Å². The van der Waals surface area contributed by atoms with Crippen LogP contribution in [-0.4, -0.2) is 38.1 Å². The average molecular weight is 424 g/mol. The van der Waals surface area contributed by atoms with E-state index >= 15 is 0 Å². The molecule has 2 N–H and O–H groups in total. The molecule has 2 aromatic rings. The number of anilines is 2. The molecule has 1 aliphatic rings. The Bertz CT molecular complexity index is 878. The standard InChI is InChI=1S/C25H33N3O3/c1-3-4-13-23(27-24(29)17-19-9-7-12-22(16-19)31-2)25(30)26-20-10-8-11-21(18-20)28-14-5-6-15-28/h7-12,16,18,23H,3-6,13-15,17H2,1-2H3,(H,26,30)(H,27,29). The molecule has 0 radical (unpaired) electrons. The van der Waals surface area contributed by atoms with E-state index in [4.69, 9.17) is 4.74 Å². The van der Waals surface area contributed by atoms with Crippen LogP contribution in [0.4, 0.5) is 11.4 Å². The van der Waals surface area contributed by atoms with E-state index in [0.29, 0.717) is 12.2 Å². The highest BCUT2D eigenvalue weighted by molar-refractivity contribution is 5.97. The number of amides is 2. The Balaban J connectivity index is 1.63. The third kappa shape index (κ3) is 6.74. The molecule has 31 heavy (non-hydrogen) atoms. The van der Waals surface area contributed by atoms with Crippen molar-refractivity contribution >= 4 is 23.2 Å². The predicted molar refractivity (Wildman–Crippen MR) is 125 cm³/mol. The highest BCUT2D eigenvalue weighted by Crippen LogP contribution is 2.23. The number of methoxy groups -OCH3 is 1. The van der Waals surface area contributed by atoms with Crippen LogP contribution in [0.15, 0.2) is 48.5 Å². The third-order valence-corrected chi connectivity index (χ3v) is 5.58. The minimum Gasteiger partial charge on any atom is -0.497 e. The highest BCUT2D eigenvalue weighted by Gasteiger charge is 2.21. The molecule has 1 fully saturated rings. The third-order valence-electron chi connectivity index (χ3n) is 5.58. The van der Waals surface area contributed by atoms with Gasteiger partial charge in [-0.3, -0.25) is 9.59 Å². The summed E-state index contributed by atoms with van der Waals surface area (Å²) in [6.07, 6.45) is 5.05. The summed E-state index contributed by atoms with van der Waals surface area (Å²) in [4.78, 5) is 27.9. The zero-order chi connectivity index (χ0) is 22.1. The molecule has 0 saturated carbocycles. The molecular weight excluding hydrogens is 390 g/mol. The number of carbonyl (C=O) groups excluding carboxylic acids is 2. The molecular formula is C25H33N3O3. The van der Waals surface area contributed by atoms with Gasteiger partial charge in [0.05, 0.1) is 13.5 Å². The first-order valence-corrected chi connectivity index (χ1v) is 11.2. The topological polar surface area (TPSA) is 70.7 Å². The number of nitrogens with one attached hydrogen (secondary N) is 2. The molecule has 166 valence electrons. The van der Waals surface area contributed by atoms with Gasteiger partial charge >= 0.3 is 0 Å². The van der Waals surface area contributed by atoms with Gasteiger partial charge in [0.1, 0.15) is 11.8 Å². The number of rotatable bonds is 10. The number of unbranched alkanes of at least 4 members (excludes halogenated alkanes) is 1. The largest absolute Gasteiger partial charge is 0.497 e. The Hall–Kier alpha value is -3.02. The van der Waals surface area contributed by atoms with Gasteiger partial charge in [0.2, 0.25) is 11.8 Å². The second-order valence-corrected chi connectivity index (χ2v) is 8.02. The predicted octanol–water partition coefficient (Wildman–Crippen LogP) is 4.15. The summed E-state index contributed by atoms with van der Waals surface area (Å²) < 4.78 is 5.22. The first-order valence-electron chi connectivity index (χ1n) is 11.2. The second-order valence-electron chi connectivity index (χ2n) is 8.02. The van der Waals surface area contributed by atoms with Crippen LogP contribution in [0.3, 0.4) is 0 Å². The monoisotopic (exact) mass is 423 g/mol. The van der Waals surface area contributed by atoms with Crippen LogP contribution in [0.2, 0.25) is 0 Å². The van der Waals surface area contributed by atoms with Gasteiger partial charge in [0.15, 0.2) is 0 Å². The van der Waals surface area contributed by atoms with Crippen LogP contribution < -0.4 is 20.3 Å². The van der Waals surface area contributed by atoms with Gasteiger partial charge in [0.25, 0.3) is 0 Å². The molecule has 0 spiro atoms. The van der Waals surface area contributed by atoms with E-state index in [1.807, 2.05) is 42.5 Å². The fraction of sp³-hybridized carbons (Fsp3) is 0.440. The van der Waals surface area contributed by atoms with E-state index in [1.54, 1.807) is 7.11 Å². The number of ether oxygens (including phenoxy) is 1. The summed E-state index contributed by atoms with van der Waals surface area (Å²) >= 11 is 0. The Kier molecular flexibility index (Phi) is 8.33. The van der Waals surface area contributed by atoms with Crippen LogP contribution in [0.25, 0.3) is 0 Å². The van der Waals surface area contributed by atoms with Crippen LogP contribution in [0, 0.1) is 0 Å². The summed E-state index contributed by atoms with van der Waals surface area (Å²) in [5, 5.41) is 5.93. The van der Waals surface area contributed by atoms with Crippen molar-refractivity contribution < 1.29 is 14.3 Å². The van der Waals surface area contributed by atoms with Crippen molar-refractivity contribution in [3.8, 4) is 5.75 Å². The Morgan fingerprint density at radius 3 is 2.61 bits per heavy atom.